The van der Waals surface area contributed by atoms with Crippen LogP contribution in [0.15, 0.2) is 47.5 Å². The van der Waals surface area contributed by atoms with Gasteiger partial charge in [-0.25, -0.2) is 4.99 Å². The highest BCUT2D eigenvalue weighted by atomic mass is 16.5. The average molecular weight is 251 g/mol. The van der Waals surface area contributed by atoms with Gasteiger partial charge in [0.25, 0.3) is 0 Å². The van der Waals surface area contributed by atoms with Crippen molar-refractivity contribution in [3.05, 3.63) is 64.7 Å². The third-order valence-electron chi connectivity index (χ3n) is 4.02. The quantitative estimate of drug-likeness (QED) is 0.782. The molecule has 4 rings (SSSR count). The van der Waals surface area contributed by atoms with Crippen LogP contribution in [0.1, 0.15) is 22.3 Å². The lowest BCUT2D eigenvalue weighted by atomic mass is 9.73. The zero-order valence-corrected chi connectivity index (χ0v) is 10.3. The Morgan fingerprint density at radius 3 is 2.74 bits per heavy atom. The van der Waals surface area contributed by atoms with E-state index in [2.05, 4.69) is 17.1 Å². The molecule has 0 bridgehead atoms. The predicted octanol–water partition coefficient (Wildman–Crippen LogP) is 2.60. The molecule has 0 aromatic heterocycles. The maximum Gasteiger partial charge on any atom is 0.170 e. The molecule has 19 heavy (non-hydrogen) atoms. The largest absolute Gasteiger partial charge is 0.508 e. The van der Waals surface area contributed by atoms with Crippen molar-refractivity contribution in [2.75, 3.05) is 6.61 Å². The van der Waals surface area contributed by atoms with Crippen LogP contribution in [0.25, 0.3) is 0 Å². The number of fused-ring (bicyclic) bond motifs is 4. The molecule has 0 saturated carbocycles. The summed E-state index contributed by atoms with van der Waals surface area (Å²) in [6, 6.07) is 13.9. The van der Waals surface area contributed by atoms with Crippen molar-refractivity contribution in [1.82, 2.24) is 0 Å². The number of hydrogen-bond acceptors (Lipinski definition) is 3. The summed E-state index contributed by atoms with van der Waals surface area (Å²) in [6.45, 7) is 0.530. The minimum absolute atomic E-state index is 0.302. The van der Waals surface area contributed by atoms with E-state index in [-0.39, 0.29) is 0 Å². The molecule has 0 amide bonds. The number of rotatable bonds is 0. The first kappa shape index (κ1) is 10.6. The Labute approximate surface area is 111 Å². The van der Waals surface area contributed by atoms with Gasteiger partial charge in [-0.3, -0.25) is 0 Å². The van der Waals surface area contributed by atoms with E-state index >= 15 is 0 Å². The normalized spacial score (nSPS) is 22.9. The van der Waals surface area contributed by atoms with Crippen LogP contribution in [0.5, 0.6) is 5.75 Å². The van der Waals surface area contributed by atoms with E-state index in [9.17, 15) is 5.11 Å². The molecule has 1 aliphatic carbocycles. The molecule has 0 fully saturated rings. The SMILES string of the molecule is Oc1ccc2c(c1)Cc1ccccc1C21COC=N1. The number of aliphatic imine (C=N–C) groups is 1. The van der Waals surface area contributed by atoms with Crippen LogP contribution in [0.3, 0.4) is 0 Å². The summed E-state index contributed by atoms with van der Waals surface area (Å²) in [4.78, 5) is 4.61. The average Bonchev–Trinajstić information content (AvgIpc) is 2.89. The van der Waals surface area contributed by atoms with Gasteiger partial charge in [-0.1, -0.05) is 30.3 Å². The lowest BCUT2D eigenvalue weighted by Crippen LogP contribution is -2.33. The molecule has 3 nitrogen and oxygen atoms in total. The molecule has 0 saturated heterocycles. The van der Waals surface area contributed by atoms with Gasteiger partial charge < -0.3 is 9.84 Å². The van der Waals surface area contributed by atoms with Crippen molar-refractivity contribution in [3.8, 4) is 5.75 Å². The highest BCUT2D eigenvalue weighted by molar-refractivity contribution is 5.61. The van der Waals surface area contributed by atoms with E-state index in [1.807, 2.05) is 24.3 Å². The Kier molecular flexibility index (Phi) is 2.01. The fourth-order valence-electron chi connectivity index (χ4n) is 3.18. The maximum atomic E-state index is 9.70. The number of hydrogen-bond donors (Lipinski definition) is 1. The van der Waals surface area contributed by atoms with Gasteiger partial charge in [-0.2, -0.15) is 0 Å². The summed E-state index contributed by atoms with van der Waals surface area (Å²) >= 11 is 0. The number of nitrogens with zero attached hydrogens (tertiary/aromatic N) is 1. The summed E-state index contributed by atoms with van der Waals surface area (Å²) < 4.78 is 5.43. The Morgan fingerprint density at radius 1 is 1.05 bits per heavy atom. The van der Waals surface area contributed by atoms with E-state index < -0.39 is 5.54 Å². The standard InChI is InChI=1S/C16H13NO2/c18-13-5-6-15-12(8-13)7-11-3-1-2-4-14(11)16(15)9-19-10-17-16/h1-6,8,10,18H,7,9H2. The van der Waals surface area contributed by atoms with E-state index in [1.165, 1.54) is 11.1 Å². The highest BCUT2D eigenvalue weighted by Crippen LogP contribution is 2.45. The Bertz CT molecular complexity index is 693. The Balaban J connectivity index is 2.03. The Hall–Kier alpha value is -2.29. The fraction of sp³-hybridized carbons (Fsp3) is 0.188. The van der Waals surface area contributed by atoms with Gasteiger partial charge in [0.15, 0.2) is 6.40 Å². The van der Waals surface area contributed by atoms with Crippen LogP contribution in [0.2, 0.25) is 0 Å². The van der Waals surface area contributed by atoms with Crippen molar-refractivity contribution in [3.63, 3.8) is 0 Å². The van der Waals surface area contributed by atoms with Crippen molar-refractivity contribution in [2.45, 2.75) is 12.0 Å². The predicted molar refractivity (Wildman–Crippen MR) is 72.6 cm³/mol. The molecular weight excluding hydrogens is 238 g/mol. The molecule has 1 spiro atoms. The number of phenolic OH excluding ortho intramolecular Hbond substituents is 1. The van der Waals surface area contributed by atoms with Gasteiger partial charge in [0.05, 0.1) is 0 Å². The van der Waals surface area contributed by atoms with Gasteiger partial charge in [0, 0.05) is 0 Å². The second-order valence-electron chi connectivity index (χ2n) is 5.08. The second-order valence-corrected chi connectivity index (χ2v) is 5.08. The summed E-state index contributed by atoms with van der Waals surface area (Å²) in [5, 5.41) is 9.70. The highest BCUT2D eigenvalue weighted by Gasteiger charge is 2.43. The lowest BCUT2D eigenvalue weighted by molar-refractivity contribution is 0.286. The zero-order chi connectivity index (χ0) is 12.9. The van der Waals surface area contributed by atoms with Crippen LogP contribution in [-0.4, -0.2) is 18.1 Å². The summed E-state index contributed by atoms with van der Waals surface area (Å²) in [5.41, 5.74) is 4.29. The summed E-state index contributed by atoms with van der Waals surface area (Å²) in [6.07, 6.45) is 2.37. The third kappa shape index (κ3) is 1.35. The second kappa shape index (κ2) is 3.60. The van der Waals surface area contributed by atoms with Crippen LogP contribution >= 0.6 is 0 Å². The molecule has 2 aromatic rings. The van der Waals surface area contributed by atoms with Gasteiger partial charge in [0.2, 0.25) is 0 Å². The van der Waals surface area contributed by atoms with Gasteiger partial charge >= 0.3 is 0 Å². The van der Waals surface area contributed by atoms with Crippen molar-refractivity contribution < 1.29 is 9.84 Å². The van der Waals surface area contributed by atoms with Crippen molar-refractivity contribution in [2.24, 2.45) is 4.99 Å². The fourth-order valence-corrected chi connectivity index (χ4v) is 3.18. The number of ether oxygens (including phenoxy) is 1. The number of benzene rings is 2. The first-order chi connectivity index (χ1) is 9.29. The lowest BCUT2D eigenvalue weighted by Gasteiger charge is -2.34. The van der Waals surface area contributed by atoms with E-state index in [0.717, 1.165) is 17.5 Å². The monoisotopic (exact) mass is 251 g/mol. The van der Waals surface area contributed by atoms with Gasteiger partial charge in [0.1, 0.15) is 17.9 Å². The van der Waals surface area contributed by atoms with Crippen LogP contribution in [0.4, 0.5) is 0 Å². The molecule has 3 heteroatoms. The van der Waals surface area contributed by atoms with E-state index in [1.54, 1.807) is 12.5 Å². The minimum atomic E-state index is -0.433. The first-order valence-corrected chi connectivity index (χ1v) is 6.36. The van der Waals surface area contributed by atoms with Crippen LogP contribution in [-0.2, 0) is 16.7 Å². The van der Waals surface area contributed by atoms with Gasteiger partial charge in [-0.05, 0) is 40.8 Å². The molecule has 1 unspecified atom stereocenters. The first-order valence-electron chi connectivity index (χ1n) is 6.36. The number of aromatic hydroxyl groups is 1. The van der Waals surface area contributed by atoms with Crippen molar-refractivity contribution >= 4 is 6.40 Å². The molecule has 1 atom stereocenters. The molecule has 94 valence electrons. The zero-order valence-electron chi connectivity index (χ0n) is 10.3. The maximum absolute atomic E-state index is 9.70. The Morgan fingerprint density at radius 2 is 1.89 bits per heavy atom. The third-order valence-corrected chi connectivity index (χ3v) is 4.02. The molecular formula is C16H13NO2. The molecule has 2 aliphatic rings. The van der Waals surface area contributed by atoms with E-state index in [4.69, 9.17) is 4.74 Å². The summed E-state index contributed by atoms with van der Waals surface area (Å²) in [7, 11) is 0. The topological polar surface area (TPSA) is 41.8 Å². The molecule has 0 radical (unpaired) electrons. The van der Waals surface area contributed by atoms with Crippen LogP contribution < -0.4 is 0 Å². The molecule has 1 heterocycles. The molecule has 1 N–H and O–H groups in total. The molecule has 1 aliphatic heterocycles. The number of phenols is 1. The van der Waals surface area contributed by atoms with E-state index in [0.29, 0.717) is 12.4 Å². The van der Waals surface area contributed by atoms with Crippen LogP contribution in [0, 0.1) is 0 Å². The smallest absolute Gasteiger partial charge is 0.170 e. The van der Waals surface area contributed by atoms with Gasteiger partial charge in [-0.15, -0.1) is 0 Å². The summed E-state index contributed by atoms with van der Waals surface area (Å²) in [5.74, 6) is 0.302. The van der Waals surface area contributed by atoms with Crippen molar-refractivity contribution in [1.29, 1.82) is 0 Å². The minimum Gasteiger partial charge on any atom is -0.508 e. The molecule has 2 aromatic carbocycles.